The molecule has 0 saturated heterocycles. The minimum atomic E-state index is -3.71. The second kappa shape index (κ2) is 5.11. The van der Waals surface area contributed by atoms with Crippen LogP contribution < -0.4 is 10.5 Å². The van der Waals surface area contributed by atoms with Crippen molar-refractivity contribution in [2.75, 3.05) is 0 Å². The van der Waals surface area contributed by atoms with E-state index in [1.54, 1.807) is 13.8 Å². The first-order valence-electron chi connectivity index (χ1n) is 5.59. The molecule has 0 aromatic carbocycles. The fourth-order valence-corrected chi connectivity index (χ4v) is 2.63. The summed E-state index contributed by atoms with van der Waals surface area (Å²) in [5.41, 5.74) is 6.60. The van der Waals surface area contributed by atoms with Crippen molar-refractivity contribution in [3.63, 3.8) is 0 Å². The van der Waals surface area contributed by atoms with Gasteiger partial charge in [-0.3, -0.25) is 5.10 Å². The van der Waals surface area contributed by atoms with Gasteiger partial charge in [0.15, 0.2) is 5.03 Å². The van der Waals surface area contributed by atoms with Crippen LogP contribution >= 0.6 is 0 Å². The van der Waals surface area contributed by atoms with Crippen LogP contribution in [0.15, 0.2) is 15.6 Å². The fraction of sp³-hybridized carbons (Fsp3) is 0.400. The van der Waals surface area contributed by atoms with Crippen LogP contribution in [0.4, 0.5) is 0 Å². The zero-order valence-electron chi connectivity index (χ0n) is 10.6. The third-order valence-electron chi connectivity index (χ3n) is 2.65. The SMILES string of the molecule is Cc1nc(CNS(=O)(=O)c2[nH]ncc2CN)oc1C. The van der Waals surface area contributed by atoms with Crippen molar-refractivity contribution in [2.24, 2.45) is 5.73 Å². The largest absolute Gasteiger partial charge is 0.444 e. The van der Waals surface area contributed by atoms with Gasteiger partial charge in [-0.05, 0) is 13.8 Å². The van der Waals surface area contributed by atoms with Crippen molar-refractivity contribution in [1.29, 1.82) is 0 Å². The van der Waals surface area contributed by atoms with E-state index in [1.165, 1.54) is 6.20 Å². The average molecular weight is 285 g/mol. The van der Waals surface area contributed by atoms with Gasteiger partial charge < -0.3 is 10.2 Å². The number of hydrogen-bond acceptors (Lipinski definition) is 6. The minimum Gasteiger partial charge on any atom is -0.444 e. The van der Waals surface area contributed by atoms with Crippen LogP contribution in [0.1, 0.15) is 22.9 Å². The molecule has 0 spiro atoms. The van der Waals surface area contributed by atoms with Crippen LogP contribution in [0, 0.1) is 13.8 Å². The Bertz CT molecular complexity index is 654. The van der Waals surface area contributed by atoms with Gasteiger partial charge in [0.25, 0.3) is 10.0 Å². The van der Waals surface area contributed by atoms with Crippen molar-refractivity contribution in [2.45, 2.75) is 32.0 Å². The summed E-state index contributed by atoms with van der Waals surface area (Å²) >= 11 is 0. The molecule has 2 aromatic heterocycles. The Morgan fingerprint density at radius 3 is 2.79 bits per heavy atom. The molecule has 0 fully saturated rings. The molecule has 0 aliphatic rings. The molecule has 4 N–H and O–H groups in total. The van der Waals surface area contributed by atoms with Crippen LogP contribution in [0.25, 0.3) is 0 Å². The summed E-state index contributed by atoms with van der Waals surface area (Å²) < 4.78 is 31.7. The molecule has 19 heavy (non-hydrogen) atoms. The van der Waals surface area contributed by atoms with Crippen molar-refractivity contribution in [3.8, 4) is 0 Å². The second-order valence-corrected chi connectivity index (χ2v) is 5.71. The zero-order valence-corrected chi connectivity index (χ0v) is 11.4. The van der Waals surface area contributed by atoms with Gasteiger partial charge in [0.2, 0.25) is 5.89 Å². The number of aryl methyl sites for hydroxylation is 2. The molecule has 0 unspecified atom stereocenters. The Morgan fingerprint density at radius 1 is 1.47 bits per heavy atom. The normalized spacial score (nSPS) is 11.9. The maximum Gasteiger partial charge on any atom is 0.258 e. The van der Waals surface area contributed by atoms with E-state index in [2.05, 4.69) is 19.9 Å². The Balaban J connectivity index is 2.14. The average Bonchev–Trinajstić information content (AvgIpc) is 2.95. The third-order valence-corrected chi connectivity index (χ3v) is 4.07. The monoisotopic (exact) mass is 285 g/mol. The summed E-state index contributed by atoms with van der Waals surface area (Å²) in [4.78, 5) is 4.09. The van der Waals surface area contributed by atoms with Crippen molar-refractivity contribution < 1.29 is 12.8 Å². The van der Waals surface area contributed by atoms with Crippen LogP contribution in [0.5, 0.6) is 0 Å². The number of aromatic nitrogens is 3. The highest BCUT2D eigenvalue weighted by atomic mass is 32.2. The number of aromatic amines is 1. The first-order chi connectivity index (χ1) is 8.94. The number of oxazole rings is 1. The fourth-order valence-electron chi connectivity index (χ4n) is 1.52. The van der Waals surface area contributed by atoms with Gasteiger partial charge in [-0.2, -0.15) is 5.10 Å². The van der Waals surface area contributed by atoms with Gasteiger partial charge in [-0.25, -0.2) is 18.1 Å². The summed E-state index contributed by atoms with van der Waals surface area (Å²) in [5.74, 6) is 0.978. The summed E-state index contributed by atoms with van der Waals surface area (Å²) in [6.07, 6.45) is 1.38. The number of hydrogen-bond donors (Lipinski definition) is 3. The quantitative estimate of drug-likeness (QED) is 0.707. The highest BCUT2D eigenvalue weighted by Crippen LogP contribution is 2.12. The summed E-state index contributed by atoms with van der Waals surface area (Å²) in [6, 6.07) is 0. The lowest BCUT2D eigenvalue weighted by Crippen LogP contribution is -2.25. The van der Waals surface area contributed by atoms with E-state index in [0.717, 1.165) is 5.69 Å². The smallest absolute Gasteiger partial charge is 0.258 e. The minimum absolute atomic E-state index is 0.0277. The summed E-state index contributed by atoms with van der Waals surface area (Å²) in [5, 5.41) is 6.06. The lowest BCUT2D eigenvalue weighted by Gasteiger charge is -2.04. The predicted octanol–water partition coefficient (Wildman–Crippen LogP) is -0.0483. The number of nitrogens with two attached hydrogens (primary N) is 1. The van der Waals surface area contributed by atoms with E-state index in [0.29, 0.717) is 17.2 Å². The van der Waals surface area contributed by atoms with Crippen molar-refractivity contribution >= 4 is 10.0 Å². The molecule has 9 heteroatoms. The zero-order chi connectivity index (χ0) is 14.0. The van der Waals surface area contributed by atoms with E-state index in [1.807, 2.05) is 0 Å². The topological polar surface area (TPSA) is 127 Å². The number of H-pyrrole nitrogens is 1. The van der Waals surface area contributed by atoms with E-state index < -0.39 is 10.0 Å². The Hall–Kier alpha value is -1.71. The van der Waals surface area contributed by atoms with Crippen molar-refractivity contribution in [3.05, 3.63) is 29.1 Å². The van der Waals surface area contributed by atoms with Crippen molar-refractivity contribution in [1.82, 2.24) is 19.9 Å². The molecule has 0 aliphatic carbocycles. The number of nitrogens with one attached hydrogen (secondary N) is 2. The Kier molecular flexibility index (Phi) is 3.69. The maximum atomic E-state index is 12.0. The molecule has 0 radical (unpaired) electrons. The van der Waals surface area contributed by atoms with Gasteiger partial charge in [0, 0.05) is 12.1 Å². The Morgan fingerprint density at radius 2 is 2.21 bits per heavy atom. The molecule has 0 saturated carbocycles. The summed E-state index contributed by atoms with van der Waals surface area (Å²) in [6.45, 7) is 3.62. The summed E-state index contributed by atoms with van der Waals surface area (Å²) in [7, 11) is -3.71. The second-order valence-electron chi connectivity index (χ2n) is 4.00. The van der Waals surface area contributed by atoms with Gasteiger partial charge in [-0.1, -0.05) is 0 Å². The maximum absolute atomic E-state index is 12.0. The highest BCUT2D eigenvalue weighted by Gasteiger charge is 2.20. The molecule has 0 amide bonds. The van der Waals surface area contributed by atoms with E-state index in [9.17, 15) is 8.42 Å². The van der Waals surface area contributed by atoms with Gasteiger partial charge >= 0.3 is 0 Å². The molecule has 8 nitrogen and oxygen atoms in total. The highest BCUT2D eigenvalue weighted by molar-refractivity contribution is 7.89. The Labute approximate surface area is 110 Å². The van der Waals surface area contributed by atoms with Gasteiger partial charge in [-0.15, -0.1) is 0 Å². The molecule has 0 atom stereocenters. The molecule has 2 rings (SSSR count). The lowest BCUT2D eigenvalue weighted by molar-refractivity contribution is 0.462. The van der Waals surface area contributed by atoms with E-state index in [4.69, 9.17) is 10.2 Å². The van der Waals surface area contributed by atoms with Crippen LogP contribution in [-0.4, -0.2) is 23.6 Å². The predicted molar refractivity (Wildman–Crippen MR) is 66.5 cm³/mol. The van der Waals surface area contributed by atoms with E-state index in [-0.39, 0.29) is 18.1 Å². The van der Waals surface area contributed by atoms with Gasteiger partial charge in [0.1, 0.15) is 5.76 Å². The molecule has 0 bridgehead atoms. The number of nitrogens with zero attached hydrogens (tertiary/aromatic N) is 2. The molecular weight excluding hydrogens is 270 g/mol. The molecule has 2 aromatic rings. The number of rotatable bonds is 5. The van der Waals surface area contributed by atoms with Crippen LogP contribution in [0.3, 0.4) is 0 Å². The van der Waals surface area contributed by atoms with Crippen LogP contribution in [-0.2, 0) is 23.1 Å². The van der Waals surface area contributed by atoms with Crippen LogP contribution in [0.2, 0.25) is 0 Å². The lowest BCUT2D eigenvalue weighted by atomic mass is 10.4. The standard InChI is InChI=1S/C10H15N5O3S/c1-6-7(2)18-9(14-6)5-13-19(16,17)10-8(3-11)4-12-15-10/h4,13H,3,5,11H2,1-2H3,(H,12,15). The molecule has 0 aliphatic heterocycles. The van der Waals surface area contributed by atoms with Gasteiger partial charge in [0.05, 0.1) is 18.4 Å². The van der Waals surface area contributed by atoms with E-state index >= 15 is 0 Å². The molecular formula is C10H15N5O3S. The third kappa shape index (κ3) is 2.83. The number of sulfonamides is 1. The first kappa shape index (κ1) is 13.7. The molecule has 104 valence electrons. The molecule has 2 heterocycles. The first-order valence-corrected chi connectivity index (χ1v) is 7.07.